The van der Waals surface area contributed by atoms with Gasteiger partial charge in [0.2, 0.25) is 4.77 Å². The average molecular weight is 442 g/mol. The average Bonchev–Trinajstić information content (AvgIpc) is 2.65. The van der Waals surface area contributed by atoms with Gasteiger partial charge in [0, 0.05) is 10.6 Å². The molecule has 0 saturated carbocycles. The molecule has 0 unspecified atom stereocenters. The molecule has 10 heteroatoms. The van der Waals surface area contributed by atoms with Crippen LogP contribution in [0.3, 0.4) is 0 Å². The summed E-state index contributed by atoms with van der Waals surface area (Å²) in [7, 11) is 0. The number of ether oxygens (including phenoxy) is 1. The lowest BCUT2D eigenvalue weighted by atomic mass is 10.2. The zero-order valence-electron chi connectivity index (χ0n) is 13.5. The summed E-state index contributed by atoms with van der Waals surface area (Å²) in [6.45, 7) is 0.174. The summed E-state index contributed by atoms with van der Waals surface area (Å²) in [4.78, 5) is 11.7. The quantitative estimate of drug-likeness (QED) is 0.353. The van der Waals surface area contributed by atoms with E-state index in [1.807, 2.05) is 0 Å². The maximum absolute atomic E-state index is 11.7. The highest BCUT2D eigenvalue weighted by atomic mass is 35.5. The van der Waals surface area contributed by atoms with Crippen LogP contribution >= 0.6 is 47.0 Å². The third-order valence-electron chi connectivity index (χ3n) is 3.46. The molecule has 0 aliphatic heterocycles. The number of nitrogens with one attached hydrogen (secondary N) is 1. The molecule has 3 rings (SSSR count). The van der Waals surface area contributed by atoms with Crippen LogP contribution in [0.25, 0.3) is 0 Å². The first kappa shape index (κ1) is 19.6. The number of benzene rings is 2. The smallest absolute Gasteiger partial charge is 0.293 e. The molecule has 27 heavy (non-hydrogen) atoms. The van der Waals surface area contributed by atoms with E-state index in [4.69, 9.17) is 51.8 Å². The molecule has 1 N–H and O–H groups in total. The molecule has 0 amide bonds. The van der Waals surface area contributed by atoms with Gasteiger partial charge in [0.25, 0.3) is 5.56 Å². The molecule has 1 heterocycles. The van der Waals surface area contributed by atoms with Crippen LogP contribution in [0.4, 0.5) is 0 Å². The summed E-state index contributed by atoms with van der Waals surface area (Å²) >= 11 is 23.3. The maximum Gasteiger partial charge on any atom is 0.293 e. The fraction of sp³-hybridized carbons (Fsp3) is 0.0588. The number of halogens is 3. The van der Waals surface area contributed by atoms with Crippen molar-refractivity contribution in [1.29, 1.82) is 0 Å². The SMILES string of the molecule is O=c1cn[nH]c(=S)n1/N=C/c1ccc(OCc2c(Cl)ccc(Cl)c2Cl)cc1. The fourth-order valence-corrected chi connectivity index (χ4v) is 2.93. The third-order valence-corrected chi connectivity index (χ3v) is 4.92. The predicted octanol–water partition coefficient (Wildman–Crippen LogP) is 4.72. The van der Waals surface area contributed by atoms with Gasteiger partial charge in [0.15, 0.2) is 0 Å². The molecule has 2 aromatic carbocycles. The second-order valence-electron chi connectivity index (χ2n) is 5.25. The Morgan fingerprint density at radius 3 is 2.56 bits per heavy atom. The second-order valence-corrected chi connectivity index (χ2v) is 6.83. The van der Waals surface area contributed by atoms with E-state index in [2.05, 4.69) is 15.3 Å². The van der Waals surface area contributed by atoms with Crippen molar-refractivity contribution < 1.29 is 4.74 Å². The lowest BCUT2D eigenvalue weighted by Gasteiger charge is -2.10. The minimum Gasteiger partial charge on any atom is -0.489 e. The van der Waals surface area contributed by atoms with E-state index in [1.54, 1.807) is 36.4 Å². The van der Waals surface area contributed by atoms with Gasteiger partial charge in [-0.2, -0.15) is 14.9 Å². The number of rotatable bonds is 5. The molecule has 0 aliphatic rings. The van der Waals surface area contributed by atoms with Crippen molar-refractivity contribution in [3.8, 4) is 5.75 Å². The van der Waals surface area contributed by atoms with Crippen LogP contribution < -0.4 is 10.3 Å². The Balaban J connectivity index is 1.71. The van der Waals surface area contributed by atoms with E-state index in [0.29, 0.717) is 26.4 Å². The standard InChI is InChI=1S/C17H11Cl3N4O2S/c18-13-5-6-14(19)16(20)12(13)9-26-11-3-1-10(2-4-11)7-22-24-15(25)8-21-23-17(24)27/h1-8H,9H2,(H,23,27)/b22-7+. The number of hydrogen-bond acceptors (Lipinski definition) is 5. The van der Waals surface area contributed by atoms with E-state index in [1.165, 1.54) is 6.21 Å². The minimum absolute atomic E-state index is 0.106. The lowest BCUT2D eigenvalue weighted by molar-refractivity contribution is 0.306. The number of aromatic amines is 1. The van der Waals surface area contributed by atoms with Crippen molar-refractivity contribution >= 4 is 53.2 Å². The van der Waals surface area contributed by atoms with Gasteiger partial charge in [-0.3, -0.25) is 9.89 Å². The molecule has 0 aliphatic carbocycles. The van der Waals surface area contributed by atoms with E-state index < -0.39 is 5.56 Å². The number of hydrogen-bond donors (Lipinski definition) is 1. The van der Waals surface area contributed by atoms with Crippen LogP contribution in [0.5, 0.6) is 5.75 Å². The van der Waals surface area contributed by atoms with Crippen molar-refractivity contribution in [2.24, 2.45) is 5.10 Å². The first-order valence-corrected chi connectivity index (χ1v) is 9.06. The predicted molar refractivity (Wildman–Crippen MR) is 109 cm³/mol. The topological polar surface area (TPSA) is 72.3 Å². The van der Waals surface area contributed by atoms with Crippen LogP contribution in [0.1, 0.15) is 11.1 Å². The van der Waals surface area contributed by atoms with Crippen molar-refractivity contribution in [2.45, 2.75) is 6.61 Å². The molecule has 0 radical (unpaired) electrons. The summed E-state index contributed by atoms with van der Waals surface area (Å²) in [6, 6.07) is 10.4. The van der Waals surface area contributed by atoms with Gasteiger partial charge in [0.1, 0.15) is 18.6 Å². The second kappa shape index (κ2) is 8.67. The fourth-order valence-electron chi connectivity index (χ4n) is 2.09. The molecule has 6 nitrogen and oxygen atoms in total. The normalized spacial score (nSPS) is 11.1. The summed E-state index contributed by atoms with van der Waals surface area (Å²) < 4.78 is 6.85. The zero-order valence-corrected chi connectivity index (χ0v) is 16.6. The Kier molecular flexibility index (Phi) is 6.28. The van der Waals surface area contributed by atoms with Crippen molar-refractivity contribution in [1.82, 2.24) is 14.9 Å². The Hall–Kier alpha value is -2.19. The van der Waals surface area contributed by atoms with E-state index in [-0.39, 0.29) is 11.4 Å². The van der Waals surface area contributed by atoms with Crippen LogP contribution in [0.15, 0.2) is 52.5 Å². The molecule has 0 spiro atoms. The highest BCUT2D eigenvalue weighted by Gasteiger charge is 2.10. The molecule has 0 fully saturated rings. The number of nitrogens with zero attached hydrogens (tertiary/aromatic N) is 3. The van der Waals surface area contributed by atoms with E-state index in [9.17, 15) is 4.79 Å². The molecule has 3 aromatic rings. The number of H-pyrrole nitrogens is 1. The van der Waals surface area contributed by atoms with Crippen molar-refractivity contribution in [3.05, 3.63) is 83.9 Å². The molecule has 1 aromatic heterocycles. The highest BCUT2D eigenvalue weighted by Crippen LogP contribution is 2.32. The van der Waals surface area contributed by atoms with Gasteiger partial charge < -0.3 is 4.74 Å². The van der Waals surface area contributed by atoms with Gasteiger partial charge in [-0.05, 0) is 54.2 Å². The molecule has 138 valence electrons. The highest BCUT2D eigenvalue weighted by molar-refractivity contribution is 7.71. The molecular formula is C17H11Cl3N4O2S. The summed E-state index contributed by atoms with van der Waals surface area (Å²) in [5.41, 5.74) is 0.937. The maximum atomic E-state index is 11.7. The lowest BCUT2D eigenvalue weighted by Crippen LogP contribution is -2.18. The van der Waals surface area contributed by atoms with Crippen molar-refractivity contribution in [2.75, 3.05) is 0 Å². The summed E-state index contributed by atoms with van der Waals surface area (Å²) in [6.07, 6.45) is 2.59. The largest absolute Gasteiger partial charge is 0.489 e. The molecule has 0 bridgehead atoms. The molecule has 0 atom stereocenters. The zero-order chi connectivity index (χ0) is 19.4. The summed E-state index contributed by atoms with van der Waals surface area (Å²) in [5, 5.41) is 11.4. The van der Waals surface area contributed by atoms with Crippen molar-refractivity contribution in [3.63, 3.8) is 0 Å². The summed E-state index contributed by atoms with van der Waals surface area (Å²) in [5.74, 6) is 0.609. The first-order valence-electron chi connectivity index (χ1n) is 7.52. The third kappa shape index (κ3) is 4.75. The number of aromatic nitrogens is 3. The van der Waals surface area contributed by atoms with E-state index >= 15 is 0 Å². The van der Waals surface area contributed by atoms with Gasteiger partial charge in [-0.1, -0.05) is 34.8 Å². The van der Waals surface area contributed by atoms with Crippen LogP contribution in [-0.4, -0.2) is 21.1 Å². The first-order chi connectivity index (χ1) is 13.0. The van der Waals surface area contributed by atoms with Crippen LogP contribution in [0.2, 0.25) is 15.1 Å². The molecule has 0 saturated heterocycles. The monoisotopic (exact) mass is 440 g/mol. The van der Waals surface area contributed by atoms with Gasteiger partial charge in [-0.15, -0.1) is 0 Å². The minimum atomic E-state index is -0.426. The van der Waals surface area contributed by atoms with E-state index in [0.717, 1.165) is 16.4 Å². The Morgan fingerprint density at radius 1 is 1.15 bits per heavy atom. The Bertz CT molecular complexity index is 1080. The van der Waals surface area contributed by atoms with Gasteiger partial charge in [0.05, 0.1) is 16.3 Å². The van der Waals surface area contributed by atoms with Gasteiger partial charge in [-0.25, -0.2) is 0 Å². The van der Waals surface area contributed by atoms with Crippen LogP contribution in [0, 0.1) is 4.77 Å². The van der Waals surface area contributed by atoms with Crippen LogP contribution in [-0.2, 0) is 6.61 Å². The Morgan fingerprint density at radius 2 is 1.85 bits per heavy atom. The Labute approximate surface area is 174 Å². The molecular weight excluding hydrogens is 431 g/mol. The van der Waals surface area contributed by atoms with Gasteiger partial charge >= 0.3 is 0 Å².